The number of nitrogens with zero attached hydrogens (tertiary/aromatic N) is 7. The van der Waals surface area contributed by atoms with Gasteiger partial charge in [-0.05, 0) is 142 Å². The van der Waals surface area contributed by atoms with Gasteiger partial charge in [-0.2, -0.15) is 5.10 Å². The van der Waals surface area contributed by atoms with Crippen molar-refractivity contribution in [1.82, 2.24) is 40.1 Å². The number of benzene rings is 2. The SMILES string of the molecule is CC(=O)N1CCc2c(c(N3CCCc4cc(C5CCC6(CC5)CCN(CC(=O)N[C@H](C(=O)N5CCCC5C(=O)NCc5ccc(-c7scnc7C)cc5)C(C)(C)C)CC6)c(C(F)F)cc43)nn2C2CCOCC2)C1. The van der Waals surface area contributed by atoms with Crippen LogP contribution in [-0.2, 0) is 49.8 Å². The molecule has 0 radical (unpaired) electrons. The number of carbonyl (C=O) groups excluding carboxylic acids is 4. The Hall–Kier alpha value is -5.26. The van der Waals surface area contributed by atoms with Crippen LogP contribution in [0.4, 0.5) is 20.3 Å². The molecule has 7 heterocycles. The van der Waals surface area contributed by atoms with Crippen molar-refractivity contribution < 1.29 is 32.7 Å². The van der Waals surface area contributed by atoms with Crippen molar-refractivity contribution in [3.05, 3.63) is 81.1 Å². The van der Waals surface area contributed by atoms with Crippen LogP contribution in [0, 0.1) is 17.8 Å². The molecule has 398 valence electrons. The molecule has 4 aromatic rings. The molecule has 14 nitrogen and oxygen atoms in total. The van der Waals surface area contributed by atoms with Crippen LogP contribution < -0.4 is 15.5 Å². The first-order chi connectivity index (χ1) is 35.6. The number of rotatable bonds is 12. The molecule has 2 N–H and O–H groups in total. The Morgan fingerprint density at radius 3 is 2.32 bits per heavy atom. The minimum Gasteiger partial charge on any atom is -0.381 e. The largest absolute Gasteiger partial charge is 0.381 e. The Kier molecular flexibility index (Phi) is 15.4. The van der Waals surface area contributed by atoms with Gasteiger partial charge in [0.15, 0.2) is 5.82 Å². The van der Waals surface area contributed by atoms with E-state index in [9.17, 15) is 19.2 Å². The smallest absolute Gasteiger partial charge is 0.264 e. The van der Waals surface area contributed by atoms with E-state index in [0.29, 0.717) is 65.2 Å². The summed E-state index contributed by atoms with van der Waals surface area (Å²) in [5, 5.41) is 11.4. The Bertz CT molecular complexity index is 2690. The highest BCUT2D eigenvalue weighted by molar-refractivity contribution is 7.13. The molecule has 1 saturated carbocycles. The highest BCUT2D eigenvalue weighted by atomic mass is 32.1. The van der Waals surface area contributed by atoms with Crippen molar-refractivity contribution in [3.8, 4) is 10.4 Å². The maximum atomic E-state index is 15.3. The van der Waals surface area contributed by atoms with Gasteiger partial charge in [-0.3, -0.25) is 28.8 Å². The maximum Gasteiger partial charge on any atom is 0.264 e. The summed E-state index contributed by atoms with van der Waals surface area (Å²) in [6.45, 7) is 15.1. The van der Waals surface area contributed by atoms with Crippen LogP contribution in [-0.4, -0.2) is 118 Å². The molecule has 10 rings (SSSR count). The fourth-order valence-electron chi connectivity index (χ4n) is 13.0. The molecule has 2 atom stereocenters. The van der Waals surface area contributed by atoms with E-state index in [0.717, 1.165) is 133 Å². The summed E-state index contributed by atoms with van der Waals surface area (Å²) in [5.41, 5.74) is 9.41. The van der Waals surface area contributed by atoms with Gasteiger partial charge in [0, 0.05) is 75.2 Å². The van der Waals surface area contributed by atoms with Crippen LogP contribution >= 0.6 is 11.3 Å². The molecule has 1 spiro atoms. The number of halogens is 2. The number of hydrogen-bond acceptors (Lipinski definition) is 10. The number of nitrogens with one attached hydrogen (secondary N) is 2. The predicted molar refractivity (Wildman–Crippen MR) is 282 cm³/mol. The zero-order valence-electron chi connectivity index (χ0n) is 44.0. The van der Waals surface area contributed by atoms with Crippen molar-refractivity contribution in [2.45, 2.75) is 162 Å². The fourth-order valence-corrected chi connectivity index (χ4v) is 13.8. The molecule has 1 unspecified atom stereocenters. The molecular weight excluding hydrogens is 961 g/mol. The molecule has 74 heavy (non-hydrogen) atoms. The van der Waals surface area contributed by atoms with Gasteiger partial charge in [0.25, 0.3) is 6.43 Å². The first-order valence-electron chi connectivity index (χ1n) is 27.3. The molecule has 4 fully saturated rings. The van der Waals surface area contributed by atoms with Crippen LogP contribution in [0.3, 0.4) is 0 Å². The zero-order chi connectivity index (χ0) is 51.9. The summed E-state index contributed by atoms with van der Waals surface area (Å²) < 4.78 is 38.5. The minimum absolute atomic E-state index is 0.0277. The lowest BCUT2D eigenvalue weighted by Gasteiger charge is -2.46. The molecule has 2 aromatic heterocycles. The monoisotopic (exact) mass is 1040 g/mol. The summed E-state index contributed by atoms with van der Waals surface area (Å²) in [6.07, 6.45) is 8.29. The number of alkyl halides is 2. The topological polar surface area (TPSA) is 145 Å². The normalized spacial score (nSPS) is 21.2. The second kappa shape index (κ2) is 21.8. The van der Waals surface area contributed by atoms with Crippen LogP contribution in [0.1, 0.15) is 156 Å². The number of hydrogen-bond donors (Lipinski definition) is 2. The van der Waals surface area contributed by atoms with E-state index in [1.54, 1.807) is 29.2 Å². The van der Waals surface area contributed by atoms with Crippen LogP contribution in [0.25, 0.3) is 10.4 Å². The molecule has 17 heteroatoms. The number of ether oxygens (including phenoxy) is 1. The van der Waals surface area contributed by atoms with E-state index in [1.165, 1.54) is 0 Å². The summed E-state index contributed by atoms with van der Waals surface area (Å²) in [5.74, 6) is 0.249. The van der Waals surface area contributed by atoms with Crippen LogP contribution in [0.15, 0.2) is 41.9 Å². The molecular formula is C57H75F2N9O5S. The van der Waals surface area contributed by atoms with Crippen molar-refractivity contribution in [2.24, 2.45) is 10.8 Å². The van der Waals surface area contributed by atoms with Gasteiger partial charge in [0.2, 0.25) is 23.6 Å². The number of aryl methyl sites for hydroxylation is 2. The maximum absolute atomic E-state index is 15.3. The third-order valence-electron chi connectivity index (χ3n) is 17.4. The summed E-state index contributed by atoms with van der Waals surface area (Å²) >= 11 is 1.60. The Labute approximate surface area is 438 Å². The molecule has 2 aromatic carbocycles. The Morgan fingerprint density at radius 1 is 0.905 bits per heavy atom. The predicted octanol–water partition coefficient (Wildman–Crippen LogP) is 9.17. The van der Waals surface area contributed by atoms with E-state index in [1.807, 2.05) is 62.4 Å². The van der Waals surface area contributed by atoms with Gasteiger partial charge in [0.1, 0.15) is 12.1 Å². The second-order valence-corrected chi connectivity index (χ2v) is 24.0. The number of anilines is 2. The Morgan fingerprint density at radius 2 is 1.65 bits per heavy atom. The van der Waals surface area contributed by atoms with Crippen molar-refractivity contribution in [2.75, 3.05) is 57.4 Å². The minimum atomic E-state index is -2.62. The number of amides is 4. The van der Waals surface area contributed by atoms with E-state index in [2.05, 4.69) is 36.2 Å². The molecule has 6 aliphatic rings. The van der Waals surface area contributed by atoms with Gasteiger partial charge >= 0.3 is 0 Å². The van der Waals surface area contributed by atoms with E-state index < -0.39 is 23.9 Å². The molecule has 4 amide bonds. The lowest BCUT2D eigenvalue weighted by molar-refractivity contribution is -0.144. The number of carbonyl (C=O) groups is 4. The van der Waals surface area contributed by atoms with Crippen LogP contribution in [0.2, 0.25) is 0 Å². The third-order valence-corrected chi connectivity index (χ3v) is 18.4. The quantitative estimate of drug-likeness (QED) is 0.142. The number of likely N-dealkylation sites (tertiary alicyclic amines) is 2. The van der Waals surface area contributed by atoms with Gasteiger partial charge in [-0.1, -0.05) is 51.1 Å². The van der Waals surface area contributed by atoms with E-state index in [4.69, 9.17) is 9.84 Å². The molecule has 5 aliphatic heterocycles. The average molecular weight is 1040 g/mol. The first kappa shape index (κ1) is 52.2. The van der Waals surface area contributed by atoms with Crippen molar-refractivity contribution in [3.63, 3.8) is 0 Å². The molecule has 3 saturated heterocycles. The summed E-state index contributed by atoms with van der Waals surface area (Å²) in [6, 6.07) is 10.8. The van der Waals surface area contributed by atoms with Gasteiger partial charge in [0.05, 0.1) is 35.2 Å². The number of fused-ring (bicyclic) bond motifs is 2. The average Bonchev–Trinajstić information content (AvgIpc) is 4.17. The lowest BCUT2D eigenvalue weighted by atomic mass is 9.64. The zero-order valence-corrected chi connectivity index (χ0v) is 44.8. The first-order valence-corrected chi connectivity index (χ1v) is 28.2. The summed E-state index contributed by atoms with van der Waals surface area (Å²) in [7, 11) is 0. The lowest BCUT2D eigenvalue weighted by Crippen LogP contribution is -2.59. The van der Waals surface area contributed by atoms with Crippen LogP contribution in [0.5, 0.6) is 0 Å². The van der Waals surface area contributed by atoms with Gasteiger partial charge in [-0.25, -0.2) is 13.8 Å². The van der Waals surface area contributed by atoms with E-state index in [-0.39, 0.29) is 53.1 Å². The van der Waals surface area contributed by atoms with Gasteiger partial charge in [-0.15, -0.1) is 11.3 Å². The summed E-state index contributed by atoms with van der Waals surface area (Å²) in [4.78, 5) is 67.7. The fraction of sp³-hybridized carbons (Fsp3) is 0.614. The standard InChI is InChI=1S/C57H75F2N9O5S/c1-36-50(74-35-61-36)40-12-10-38(11-13-40)32-60-54(71)47-9-7-24-67(47)55(72)51(56(3,4)5)62-49(70)34-64-26-21-57(22-27-64)19-14-39(15-20-57)43-30-41-8-6-23-66(48(41)31-44(43)52(58)59)53-45-33-65(37(2)69)25-16-46(45)68(63-53)42-17-28-73-29-18-42/h10-13,30-31,35,39,42,47,51-52H,6-9,14-29,32-34H2,1-5H3,(H,60,71)(H,62,70)/t47?,51-/m1/s1. The van der Waals surface area contributed by atoms with E-state index >= 15 is 8.78 Å². The molecule has 0 bridgehead atoms. The highest BCUT2D eigenvalue weighted by Crippen LogP contribution is 2.51. The number of piperidine rings is 1. The van der Waals surface area contributed by atoms with Crippen molar-refractivity contribution >= 4 is 46.5 Å². The van der Waals surface area contributed by atoms with Gasteiger partial charge < -0.3 is 30.1 Å². The third kappa shape index (κ3) is 10.9. The van der Waals surface area contributed by atoms with Crippen molar-refractivity contribution in [1.29, 1.82) is 0 Å². The number of aromatic nitrogens is 3. The molecule has 1 aliphatic carbocycles. The Balaban J connectivity index is 0.744. The highest BCUT2D eigenvalue weighted by Gasteiger charge is 2.44. The number of thiazole rings is 1. The second-order valence-electron chi connectivity index (χ2n) is 23.2.